The molecular weight excluding hydrogens is 1260 g/mol. The van der Waals surface area contributed by atoms with Crippen molar-refractivity contribution in [1.82, 2.24) is 0 Å². The van der Waals surface area contributed by atoms with Crippen molar-refractivity contribution in [1.29, 1.82) is 0 Å². The van der Waals surface area contributed by atoms with E-state index in [4.69, 9.17) is 37.0 Å². The fraction of sp³-hybridized carbons (Fsp3) is 0.948. The molecular formula is C77H150O17P2. The molecule has 0 rings (SSSR count). The number of carbonyl (C=O) groups is 4. The Morgan fingerprint density at radius 3 is 0.708 bits per heavy atom. The van der Waals surface area contributed by atoms with E-state index in [1.54, 1.807) is 0 Å². The molecule has 96 heavy (non-hydrogen) atoms. The molecule has 5 atom stereocenters. The monoisotopic (exact) mass is 1410 g/mol. The van der Waals surface area contributed by atoms with Gasteiger partial charge in [0.2, 0.25) is 0 Å². The van der Waals surface area contributed by atoms with Gasteiger partial charge in [0.1, 0.15) is 19.3 Å². The van der Waals surface area contributed by atoms with Crippen molar-refractivity contribution in [2.45, 2.75) is 419 Å². The zero-order valence-electron chi connectivity index (χ0n) is 62.7. The van der Waals surface area contributed by atoms with Crippen LogP contribution in [0.4, 0.5) is 0 Å². The summed E-state index contributed by atoms with van der Waals surface area (Å²) in [5.41, 5.74) is 0. The van der Waals surface area contributed by atoms with Gasteiger partial charge in [0.25, 0.3) is 0 Å². The van der Waals surface area contributed by atoms with Crippen molar-refractivity contribution in [3.63, 3.8) is 0 Å². The van der Waals surface area contributed by atoms with Gasteiger partial charge in [-0.2, -0.15) is 0 Å². The van der Waals surface area contributed by atoms with Gasteiger partial charge in [-0.3, -0.25) is 37.3 Å². The van der Waals surface area contributed by atoms with Gasteiger partial charge in [0.15, 0.2) is 12.2 Å². The lowest BCUT2D eigenvalue weighted by atomic mass is 10.0. The number of unbranched alkanes of at least 4 members (excludes halogenated alkanes) is 46. The van der Waals surface area contributed by atoms with Crippen LogP contribution >= 0.6 is 15.6 Å². The number of ether oxygens (including phenoxy) is 4. The summed E-state index contributed by atoms with van der Waals surface area (Å²) >= 11 is 0. The van der Waals surface area contributed by atoms with Gasteiger partial charge in [0.05, 0.1) is 26.4 Å². The minimum Gasteiger partial charge on any atom is -0.462 e. The molecule has 570 valence electrons. The van der Waals surface area contributed by atoms with E-state index in [1.165, 1.54) is 218 Å². The maximum Gasteiger partial charge on any atom is 0.472 e. The van der Waals surface area contributed by atoms with E-state index in [1.807, 2.05) is 0 Å². The van der Waals surface area contributed by atoms with Crippen LogP contribution in [0.15, 0.2) is 0 Å². The van der Waals surface area contributed by atoms with Gasteiger partial charge in [-0.1, -0.05) is 350 Å². The molecule has 0 aromatic heterocycles. The Balaban J connectivity index is 5.24. The first kappa shape index (κ1) is 94.1. The molecule has 0 aromatic rings. The molecule has 0 saturated carbocycles. The molecule has 0 bridgehead atoms. The third-order valence-electron chi connectivity index (χ3n) is 18.0. The number of esters is 4. The van der Waals surface area contributed by atoms with E-state index >= 15 is 0 Å². The highest BCUT2D eigenvalue weighted by molar-refractivity contribution is 7.47. The highest BCUT2D eigenvalue weighted by Crippen LogP contribution is 2.45. The second-order valence-electron chi connectivity index (χ2n) is 28.7. The van der Waals surface area contributed by atoms with Gasteiger partial charge in [-0.25, -0.2) is 9.13 Å². The SMILES string of the molecule is CCCCCCCCCCCCCCCCCCC(=O)OC[C@H](COP(=O)(O)OC[C@@H](O)COP(=O)(O)OC[C@@H](COC(=O)CCCCCCCCCCCCC)OC(=O)CCCCCCCCCCC(C)C)OC(=O)CCCCCCCCCCCCCCCCCC(C)C. The summed E-state index contributed by atoms with van der Waals surface area (Å²) < 4.78 is 68.6. The predicted molar refractivity (Wildman–Crippen MR) is 391 cm³/mol. The molecule has 2 unspecified atom stereocenters. The second-order valence-corrected chi connectivity index (χ2v) is 31.6. The van der Waals surface area contributed by atoms with E-state index in [0.717, 1.165) is 102 Å². The highest BCUT2D eigenvalue weighted by Gasteiger charge is 2.30. The minimum atomic E-state index is -4.96. The molecule has 19 heteroatoms. The van der Waals surface area contributed by atoms with Crippen molar-refractivity contribution in [3.05, 3.63) is 0 Å². The highest BCUT2D eigenvalue weighted by atomic mass is 31.2. The van der Waals surface area contributed by atoms with Crippen LogP contribution in [-0.4, -0.2) is 96.7 Å². The van der Waals surface area contributed by atoms with Crippen molar-refractivity contribution in [2.75, 3.05) is 39.6 Å². The maximum atomic E-state index is 13.1. The van der Waals surface area contributed by atoms with Crippen LogP contribution in [0, 0.1) is 11.8 Å². The Hall–Kier alpha value is -1.94. The number of aliphatic hydroxyl groups is 1. The summed E-state index contributed by atoms with van der Waals surface area (Å²) in [6.45, 7) is 9.59. The Bertz CT molecular complexity index is 1860. The Labute approximate surface area is 588 Å². The van der Waals surface area contributed by atoms with Gasteiger partial charge < -0.3 is 33.8 Å². The number of phosphoric ester groups is 2. The average Bonchev–Trinajstić information content (AvgIpc) is 1.11. The third-order valence-corrected chi connectivity index (χ3v) is 19.9. The first-order chi connectivity index (χ1) is 46.4. The molecule has 0 fully saturated rings. The number of carbonyl (C=O) groups excluding carboxylic acids is 4. The first-order valence-corrected chi connectivity index (χ1v) is 43.0. The fourth-order valence-corrected chi connectivity index (χ4v) is 13.4. The van der Waals surface area contributed by atoms with E-state index in [-0.39, 0.29) is 25.7 Å². The van der Waals surface area contributed by atoms with Crippen LogP contribution in [0.3, 0.4) is 0 Å². The lowest BCUT2D eigenvalue weighted by Gasteiger charge is -2.21. The van der Waals surface area contributed by atoms with Crippen LogP contribution in [0.2, 0.25) is 0 Å². The zero-order valence-corrected chi connectivity index (χ0v) is 64.5. The molecule has 0 heterocycles. The zero-order chi connectivity index (χ0) is 70.7. The van der Waals surface area contributed by atoms with Crippen LogP contribution in [0.25, 0.3) is 0 Å². The molecule has 3 N–H and O–H groups in total. The van der Waals surface area contributed by atoms with E-state index < -0.39 is 97.5 Å². The van der Waals surface area contributed by atoms with Gasteiger partial charge in [0, 0.05) is 25.7 Å². The number of hydrogen-bond acceptors (Lipinski definition) is 15. The first-order valence-electron chi connectivity index (χ1n) is 40.0. The Morgan fingerprint density at radius 2 is 0.479 bits per heavy atom. The summed E-state index contributed by atoms with van der Waals surface area (Å²) in [6.07, 6.45) is 56.9. The molecule has 0 aromatic carbocycles. The van der Waals surface area contributed by atoms with E-state index in [2.05, 4.69) is 41.5 Å². The molecule has 0 aliphatic carbocycles. The topological polar surface area (TPSA) is 237 Å². The van der Waals surface area contributed by atoms with E-state index in [9.17, 15) is 43.2 Å². The Morgan fingerprint density at radius 1 is 0.281 bits per heavy atom. The smallest absolute Gasteiger partial charge is 0.462 e. The predicted octanol–water partition coefficient (Wildman–Crippen LogP) is 22.7. The summed E-state index contributed by atoms with van der Waals surface area (Å²) in [7, 11) is -9.91. The third kappa shape index (κ3) is 70.5. The second kappa shape index (κ2) is 68.8. The van der Waals surface area contributed by atoms with Crippen LogP contribution in [-0.2, 0) is 65.4 Å². The van der Waals surface area contributed by atoms with Crippen LogP contribution in [0.5, 0.6) is 0 Å². The summed E-state index contributed by atoms with van der Waals surface area (Å²) in [5.74, 6) is -0.593. The largest absolute Gasteiger partial charge is 0.472 e. The molecule has 0 aliphatic rings. The van der Waals surface area contributed by atoms with Gasteiger partial charge >= 0.3 is 39.5 Å². The molecule has 0 saturated heterocycles. The number of phosphoric acid groups is 2. The van der Waals surface area contributed by atoms with Crippen LogP contribution < -0.4 is 0 Å². The number of aliphatic hydroxyl groups excluding tert-OH is 1. The van der Waals surface area contributed by atoms with Gasteiger partial charge in [-0.15, -0.1) is 0 Å². The Kier molecular flexibility index (Phi) is 67.4. The van der Waals surface area contributed by atoms with E-state index in [0.29, 0.717) is 25.7 Å². The van der Waals surface area contributed by atoms with Crippen molar-refractivity contribution >= 4 is 39.5 Å². The summed E-state index contributed by atoms with van der Waals surface area (Å²) in [6, 6.07) is 0. The summed E-state index contributed by atoms with van der Waals surface area (Å²) in [4.78, 5) is 72.8. The lowest BCUT2D eigenvalue weighted by Crippen LogP contribution is -2.30. The lowest BCUT2D eigenvalue weighted by molar-refractivity contribution is -0.161. The summed E-state index contributed by atoms with van der Waals surface area (Å²) in [5, 5.41) is 10.6. The minimum absolute atomic E-state index is 0.105. The van der Waals surface area contributed by atoms with Gasteiger partial charge in [-0.05, 0) is 37.5 Å². The normalized spacial score (nSPS) is 14.0. The average molecular weight is 1410 g/mol. The van der Waals surface area contributed by atoms with Crippen molar-refractivity contribution in [2.24, 2.45) is 11.8 Å². The molecule has 0 spiro atoms. The quantitative estimate of drug-likeness (QED) is 0.0222. The maximum absolute atomic E-state index is 13.1. The van der Waals surface area contributed by atoms with Crippen molar-refractivity contribution < 1.29 is 80.2 Å². The molecule has 0 radical (unpaired) electrons. The van der Waals surface area contributed by atoms with Crippen molar-refractivity contribution in [3.8, 4) is 0 Å². The number of hydrogen-bond donors (Lipinski definition) is 3. The fourth-order valence-electron chi connectivity index (χ4n) is 11.8. The molecule has 0 amide bonds. The molecule has 0 aliphatic heterocycles. The molecule has 17 nitrogen and oxygen atoms in total. The number of rotatable bonds is 76. The standard InChI is InChI=1S/C77H150O17P2/c1-7-9-11-13-15-17-19-20-21-24-27-31-35-42-48-54-60-75(80)88-65-72(93-76(81)61-55-49-43-36-32-28-25-22-23-26-30-33-39-45-51-57-69(3)4)67-91-95(83,84)89-63-71(78)64-90-96(85,86)92-68-73(94-77(82)62-56-50-44-38-37-40-46-52-58-70(5)6)66-87-74(79)59-53-47-41-34-29-18-16-14-12-10-8-2/h69-73,78H,7-68H2,1-6H3,(H,83,84)(H,85,86)/t71-,72-,73-/m1/s1. The van der Waals surface area contributed by atoms with Crippen LogP contribution in [0.1, 0.15) is 401 Å².